The third kappa shape index (κ3) is 4.82. The molecule has 0 aromatic heterocycles. The number of carbonyl (C=O) groups excluding carboxylic acids is 3. The first-order valence-electron chi connectivity index (χ1n) is 6.56. The van der Waals surface area contributed by atoms with E-state index in [1.807, 2.05) is 0 Å². The normalized spacial score (nSPS) is 31.2. The van der Waals surface area contributed by atoms with Crippen LogP contribution < -0.4 is 0 Å². The summed E-state index contributed by atoms with van der Waals surface area (Å²) in [5.74, 6) is -1.91. The fraction of sp³-hybridized carbons (Fsp3) is 0.769. The molecular weight excluding hydrogens is 320 g/mol. The van der Waals surface area contributed by atoms with Crippen LogP contribution in [0.3, 0.4) is 0 Å². The molecule has 1 aliphatic rings. The Labute approximate surface area is 132 Å². The number of carbonyl (C=O) groups is 3. The van der Waals surface area contributed by atoms with Gasteiger partial charge in [0.15, 0.2) is 24.6 Å². The average molecular weight is 339 g/mol. The van der Waals surface area contributed by atoms with Crippen molar-refractivity contribution in [2.24, 2.45) is 0 Å². The van der Waals surface area contributed by atoms with Crippen LogP contribution in [0.15, 0.2) is 0 Å². The second-order valence-corrected chi connectivity index (χ2v) is 4.96. The second-order valence-electron chi connectivity index (χ2n) is 4.66. The fourth-order valence-corrected chi connectivity index (χ4v) is 2.42. The van der Waals surface area contributed by atoms with Crippen molar-refractivity contribution < 1.29 is 38.1 Å². The number of hydrogen-bond acceptors (Lipinski definition) is 8. The van der Waals surface area contributed by atoms with Gasteiger partial charge < -0.3 is 23.7 Å². The molecule has 0 aromatic rings. The van der Waals surface area contributed by atoms with Gasteiger partial charge in [-0.05, 0) is 0 Å². The first-order valence-corrected chi connectivity index (χ1v) is 7.09. The summed E-state index contributed by atoms with van der Waals surface area (Å²) < 4.78 is 26.1. The topological polar surface area (TPSA) is 97.4 Å². The van der Waals surface area contributed by atoms with Gasteiger partial charge in [-0.2, -0.15) is 0 Å². The van der Waals surface area contributed by atoms with E-state index in [1.165, 1.54) is 27.9 Å². The van der Waals surface area contributed by atoms with E-state index in [4.69, 9.17) is 35.3 Å². The Kier molecular flexibility index (Phi) is 7.05. The molecule has 0 N–H and O–H groups in total. The number of hydrogen-bond donors (Lipinski definition) is 0. The van der Waals surface area contributed by atoms with Gasteiger partial charge in [0, 0.05) is 27.9 Å². The van der Waals surface area contributed by atoms with E-state index >= 15 is 0 Å². The Hall–Kier alpha value is -1.38. The minimum Gasteiger partial charge on any atom is -0.456 e. The third-order valence-electron chi connectivity index (χ3n) is 2.88. The zero-order valence-corrected chi connectivity index (χ0v) is 13.5. The molecule has 0 saturated carbocycles. The van der Waals surface area contributed by atoms with Gasteiger partial charge in [0.25, 0.3) is 0 Å². The zero-order chi connectivity index (χ0) is 16.9. The molecule has 1 rings (SSSR count). The van der Waals surface area contributed by atoms with E-state index in [-0.39, 0.29) is 5.88 Å². The number of alkyl halides is 1. The van der Waals surface area contributed by atoms with Crippen LogP contribution in [-0.2, 0) is 38.1 Å². The van der Waals surface area contributed by atoms with Gasteiger partial charge in [0.2, 0.25) is 0 Å². The Morgan fingerprint density at radius 1 is 0.909 bits per heavy atom. The summed E-state index contributed by atoms with van der Waals surface area (Å²) in [7, 11) is 1.34. The van der Waals surface area contributed by atoms with Crippen molar-refractivity contribution >= 4 is 29.5 Å². The lowest BCUT2D eigenvalue weighted by Gasteiger charge is -2.43. The van der Waals surface area contributed by atoms with Crippen molar-refractivity contribution in [3.63, 3.8) is 0 Å². The van der Waals surface area contributed by atoms with Crippen LogP contribution in [0.5, 0.6) is 0 Å². The maximum atomic E-state index is 11.3. The van der Waals surface area contributed by atoms with E-state index in [0.717, 1.165) is 0 Å². The van der Waals surface area contributed by atoms with Crippen molar-refractivity contribution in [1.29, 1.82) is 0 Å². The van der Waals surface area contributed by atoms with Crippen LogP contribution in [0.1, 0.15) is 20.8 Å². The van der Waals surface area contributed by atoms with Crippen molar-refractivity contribution in [2.45, 2.75) is 51.5 Å². The number of ether oxygens (including phenoxy) is 5. The summed E-state index contributed by atoms with van der Waals surface area (Å²) in [5.41, 5.74) is 0. The highest BCUT2D eigenvalue weighted by atomic mass is 35.5. The van der Waals surface area contributed by atoms with Gasteiger partial charge in [-0.3, -0.25) is 14.4 Å². The molecule has 0 spiro atoms. The molecule has 0 radical (unpaired) electrons. The molecule has 126 valence electrons. The molecular formula is C13H19ClO8. The van der Waals surface area contributed by atoms with Crippen LogP contribution in [0.2, 0.25) is 0 Å². The highest BCUT2D eigenvalue weighted by Crippen LogP contribution is 2.29. The summed E-state index contributed by atoms with van der Waals surface area (Å²) in [4.78, 5) is 33.9. The summed E-state index contributed by atoms with van der Waals surface area (Å²) in [5, 5.41) is 0. The quantitative estimate of drug-likeness (QED) is 0.403. The Balaban J connectivity index is 3.14. The lowest BCUT2D eigenvalue weighted by Crippen LogP contribution is -2.62. The maximum absolute atomic E-state index is 11.3. The molecule has 1 heterocycles. The first kappa shape index (κ1) is 18.7. The van der Waals surface area contributed by atoms with Gasteiger partial charge in [-0.15, -0.1) is 11.6 Å². The van der Waals surface area contributed by atoms with Crippen LogP contribution >= 0.6 is 11.6 Å². The van der Waals surface area contributed by atoms with Crippen molar-refractivity contribution in [3.05, 3.63) is 0 Å². The minimum absolute atomic E-state index is 0.0393. The average Bonchev–Trinajstić information content (AvgIpc) is 2.41. The molecule has 0 aromatic carbocycles. The van der Waals surface area contributed by atoms with Gasteiger partial charge in [-0.25, -0.2) is 0 Å². The van der Waals surface area contributed by atoms with Gasteiger partial charge in [-0.1, -0.05) is 0 Å². The smallest absolute Gasteiger partial charge is 0.303 e. The SMILES string of the molecule is CO[C@H]1O[C@H](CCl)[C@@H](OC(C)=O)[C@H](OC(C)=O)[C@H]1OC(C)=O. The number of rotatable bonds is 5. The number of methoxy groups -OCH3 is 1. The monoisotopic (exact) mass is 338 g/mol. The molecule has 9 heteroatoms. The van der Waals surface area contributed by atoms with Gasteiger partial charge in [0.05, 0.1) is 5.88 Å². The molecule has 1 saturated heterocycles. The molecule has 1 fully saturated rings. The molecule has 0 bridgehead atoms. The van der Waals surface area contributed by atoms with Crippen molar-refractivity contribution in [3.8, 4) is 0 Å². The predicted molar refractivity (Wildman–Crippen MR) is 73.1 cm³/mol. The molecule has 5 atom stereocenters. The maximum Gasteiger partial charge on any atom is 0.303 e. The van der Waals surface area contributed by atoms with Crippen LogP contribution in [0, 0.1) is 0 Å². The molecule has 0 amide bonds. The molecule has 22 heavy (non-hydrogen) atoms. The van der Waals surface area contributed by atoms with E-state index in [9.17, 15) is 14.4 Å². The van der Waals surface area contributed by atoms with Gasteiger partial charge >= 0.3 is 17.9 Å². The lowest BCUT2D eigenvalue weighted by atomic mass is 9.99. The summed E-state index contributed by atoms with van der Waals surface area (Å²) in [6.45, 7) is 3.56. The molecule has 0 aliphatic carbocycles. The minimum atomic E-state index is -1.09. The van der Waals surface area contributed by atoms with Gasteiger partial charge in [0.1, 0.15) is 6.10 Å². The Morgan fingerprint density at radius 3 is 1.77 bits per heavy atom. The summed E-state index contributed by atoms with van der Waals surface area (Å²) in [6.07, 6.45) is -4.99. The molecule has 1 aliphatic heterocycles. The summed E-state index contributed by atoms with van der Waals surface area (Å²) >= 11 is 5.82. The lowest BCUT2D eigenvalue weighted by molar-refractivity contribution is -0.294. The largest absolute Gasteiger partial charge is 0.456 e. The van der Waals surface area contributed by atoms with E-state index in [2.05, 4.69) is 0 Å². The molecule has 8 nitrogen and oxygen atoms in total. The Bertz CT molecular complexity index is 396. The second kappa shape index (κ2) is 8.30. The van der Waals surface area contributed by atoms with Crippen LogP contribution in [-0.4, -0.2) is 61.6 Å². The number of halogens is 1. The highest BCUT2D eigenvalue weighted by Gasteiger charge is 2.51. The summed E-state index contributed by atoms with van der Waals surface area (Å²) in [6, 6.07) is 0. The number of esters is 3. The van der Waals surface area contributed by atoms with Crippen LogP contribution in [0.4, 0.5) is 0 Å². The van der Waals surface area contributed by atoms with E-state index in [1.54, 1.807) is 0 Å². The third-order valence-corrected chi connectivity index (χ3v) is 3.19. The molecule has 0 unspecified atom stereocenters. The van der Waals surface area contributed by atoms with Crippen molar-refractivity contribution in [2.75, 3.05) is 13.0 Å². The van der Waals surface area contributed by atoms with E-state index in [0.29, 0.717) is 0 Å². The van der Waals surface area contributed by atoms with Crippen LogP contribution in [0.25, 0.3) is 0 Å². The van der Waals surface area contributed by atoms with Crippen molar-refractivity contribution in [1.82, 2.24) is 0 Å². The fourth-order valence-electron chi connectivity index (χ4n) is 2.17. The Morgan fingerprint density at radius 2 is 1.36 bits per heavy atom. The predicted octanol–water partition coefficient (Wildman–Crippen LogP) is 0.392. The zero-order valence-electron chi connectivity index (χ0n) is 12.7. The first-order chi connectivity index (χ1) is 10.3. The highest BCUT2D eigenvalue weighted by molar-refractivity contribution is 6.18. The standard InChI is InChI=1S/C13H19ClO8/c1-6(15)19-10-9(5-14)22-13(18-4)12(21-8(3)17)11(10)20-7(2)16/h9-13H,5H2,1-4H3/t9-,10-,11+,12-,13+/m1/s1. The van der Waals surface area contributed by atoms with E-state index < -0.39 is 48.6 Å².